The molecule has 0 amide bonds. The van der Waals surface area contributed by atoms with Gasteiger partial charge in [-0.1, -0.05) is 39.0 Å². The lowest BCUT2D eigenvalue weighted by molar-refractivity contribution is -0.142. The van der Waals surface area contributed by atoms with Crippen LogP contribution >= 0.6 is 0 Å². The van der Waals surface area contributed by atoms with E-state index >= 15 is 0 Å². The molecule has 1 unspecified atom stereocenters. The zero-order valence-corrected chi connectivity index (χ0v) is 11.7. The largest absolute Gasteiger partial charge is 0.481 e. The number of hydrogen-bond donors (Lipinski definition) is 3. The molecule has 19 heavy (non-hydrogen) atoms. The molecule has 4 N–H and O–H groups in total. The Labute approximate surface area is 114 Å². The maximum atomic E-state index is 10.8. The van der Waals surface area contributed by atoms with Crippen molar-refractivity contribution in [3.63, 3.8) is 0 Å². The van der Waals surface area contributed by atoms with Gasteiger partial charge in [0, 0.05) is 0 Å². The topological polar surface area (TPSA) is 105 Å². The third-order valence-electron chi connectivity index (χ3n) is 2.85. The maximum Gasteiger partial charge on any atom is 0.306 e. The molecule has 1 rings (SSSR count). The third kappa shape index (κ3) is 11.4. The molecule has 0 saturated carbocycles. The Morgan fingerprint density at radius 2 is 2.05 bits per heavy atom. The van der Waals surface area contributed by atoms with Crippen LogP contribution in [0.4, 0.5) is 0 Å². The molecule has 1 heterocycles. The van der Waals surface area contributed by atoms with Crippen molar-refractivity contribution in [1.29, 1.82) is 0 Å². The van der Waals surface area contributed by atoms with Crippen LogP contribution in [0.2, 0.25) is 0 Å². The number of hydrogen-bond acceptors (Lipinski definition) is 4. The minimum Gasteiger partial charge on any atom is -0.481 e. The molecule has 0 radical (unpaired) electrons. The van der Waals surface area contributed by atoms with Gasteiger partial charge in [-0.25, -0.2) is 4.98 Å². The minimum atomic E-state index is -0.689. The van der Waals surface area contributed by atoms with Gasteiger partial charge in [-0.15, -0.1) is 0 Å². The van der Waals surface area contributed by atoms with Crippen molar-refractivity contribution in [2.24, 2.45) is 11.7 Å². The number of carboxylic acid groups (broad SMARTS) is 1. The van der Waals surface area contributed by atoms with Crippen molar-refractivity contribution in [3.8, 4) is 0 Å². The Hall–Kier alpha value is -1.43. The van der Waals surface area contributed by atoms with Crippen LogP contribution in [-0.2, 0) is 4.79 Å². The summed E-state index contributed by atoms with van der Waals surface area (Å²) in [7, 11) is 0. The number of carbonyl (C=O) groups is 1. The van der Waals surface area contributed by atoms with E-state index in [2.05, 4.69) is 22.1 Å². The molecule has 0 aliphatic rings. The standard InChI is InChI=1S/C11H23NO2.C2H3N3/c1-2-3-4-5-6-7-10(8-9-12)11(13)14;1-3-2-5-4-1/h10H,2-9,12H2,1H3,(H,13,14);1-2H,(H,3,4,5). The number of aromatic amines is 1. The number of aromatic nitrogens is 3. The van der Waals surface area contributed by atoms with Gasteiger partial charge in [0.05, 0.1) is 5.92 Å². The highest BCUT2D eigenvalue weighted by molar-refractivity contribution is 5.69. The van der Waals surface area contributed by atoms with E-state index < -0.39 is 5.97 Å². The summed E-state index contributed by atoms with van der Waals surface area (Å²) in [4.78, 5) is 14.3. The molecule has 6 heteroatoms. The summed E-state index contributed by atoms with van der Waals surface area (Å²) < 4.78 is 0. The van der Waals surface area contributed by atoms with Crippen LogP contribution in [-0.4, -0.2) is 32.8 Å². The first kappa shape index (κ1) is 17.6. The van der Waals surface area contributed by atoms with Gasteiger partial charge < -0.3 is 10.8 Å². The van der Waals surface area contributed by atoms with E-state index in [1.807, 2.05) is 0 Å². The van der Waals surface area contributed by atoms with Crippen molar-refractivity contribution >= 4 is 5.97 Å². The van der Waals surface area contributed by atoms with Gasteiger partial charge in [-0.3, -0.25) is 9.89 Å². The first-order valence-electron chi connectivity index (χ1n) is 6.94. The second-order valence-corrected chi connectivity index (χ2v) is 4.47. The lowest BCUT2D eigenvalue weighted by atomic mass is 9.97. The number of carboxylic acids is 1. The molecule has 0 aliphatic carbocycles. The Kier molecular flexibility index (Phi) is 12.0. The summed E-state index contributed by atoms with van der Waals surface area (Å²) in [6, 6.07) is 0. The molecule has 1 aromatic rings. The number of nitrogens with two attached hydrogens (primary N) is 1. The maximum absolute atomic E-state index is 10.8. The van der Waals surface area contributed by atoms with E-state index in [1.54, 1.807) is 0 Å². The van der Waals surface area contributed by atoms with Crippen LogP contribution in [0.25, 0.3) is 0 Å². The molecular weight excluding hydrogens is 244 g/mol. The molecule has 0 spiro atoms. The molecule has 0 saturated heterocycles. The molecular formula is C13H26N4O2. The summed E-state index contributed by atoms with van der Waals surface area (Å²) >= 11 is 0. The van der Waals surface area contributed by atoms with E-state index in [1.165, 1.54) is 31.9 Å². The summed E-state index contributed by atoms with van der Waals surface area (Å²) in [5, 5.41) is 14.8. The van der Waals surface area contributed by atoms with Crippen LogP contribution in [0.5, 0.6) is 0 Å². The molecule has 110 valence electrons. The fraction of sp³-hybridized carbons (Fsp3) is 0.769. The van der Waals surface area contributed by atoms with E-state index in [-0.39, 0.29) is 5.92 Å². The average molecular weight is 270 g/mol. The predicted molar refractivity (Wildman–Crippen MR) is 74.6 cm³/mol. The van der Waals surface area contributed by atoms with Crippen molar-refractivity contribution in [1.82, 2.24) is 15.2 Å². The van der Waals surface area contributed by atoms with Gasteiger partial charge in [0.2, 0.25) is 0 Å². The van der Waals surface area contributed by atoms with Crippen LogP contribution in [0.15, 0.2) is 12.7 Å². The number of rotatable bonds is 9. The number of unbranched alkanes of at least 4 members (excludes halogenated alkanes) is 4. The number of nitrogens with one attached hydrogen (secondary N) is 1. The van der Waals surface area contributed by atoms with Crippen molar-refractivity contribution < 1.29 is 9.90 Å². The molecule has 1 aromatic heterocycles. The highest BCUT2D eigenvalue weighted by Gasteiger charge is 2.15. The molecule has 0 aromatic carbocycles. The van der Waals surface area contributed by atoms with Crippen molar-refractivity contribution in [3.05, 3.63) is 12.7 Å². The normalized spacial score (nSPS) is 11.5. The van der Waals surface area contributed by atoms with Gasteiger partial charge in [0.15, 0.2) is 0 Å². The van der Waals surface area contributed by atoms with E-state index in [9.17, 15) is 4.79 Å². The predicted octanol–water partition coefficient (Wildman–Crippen LogP) is 2.20. The Morgan fingerprint density at radius 1 is 1.32 bits per heavy atom. The summed E-state index contributed by atoms with van der Waals surface area (Å²) in [5.74, 6) is -0.910. The van der Waals surface area contributed by atoms with Crippen LogP contribution in [0.1, 0.15) is 51.9 Å². The number of nitrogens with zero attached hydrogens (tertiary/aromatic N) is 2. The number of aliphatic carboxylic acids is 1. The van der Waals surface area contributed by atoms with Crippen molar-refractivity contribution in [2.75, 3.05) is 6.54 Å². The SMILES string of the molecule is CCCCCCCC(CCN)C(=O)O.c1nc[nH]n1. The van der Waals surface area contributed by atoms with Gasteiger partial charge in [0.25, 0.3) is 0 Å². The molecule has 0 bridgehead atoms. The van der Waals surface area contributed by atoms with Gasteiger partial charge in [-0.05, 0) is 19.4 Å². The summed E-state index contributed by atoms with van der Waals surface area (Å²) in [5.41, 5.74) is 5.36. The van der Waals surface area contributed by atoms with E-state index in [4.69, 9.17) is 10.8 Å². The average Bonchev–Trinajstić information content (AvgIpc) is 2.96. The summed E-state index contributed by atoms with van der Waals surface area (Å²) in [6.07, 6.45) is 10.3. The number of H-pyrrole nitrogens is 1. The van der Waals surface area contributed by atoms with Crippen LogP contribution in [0.3, 0.4) is 0 Å². The van der Waals surface area contributed by atoms with Gasteiger partial charge >= 0.3 is 5.97 Å². The van der Waals surface area contributed by atoms with Crippen LogP contribution < -0.4 is 5.73 Å². The zero-order chi connectivity index (χ0) is 14.3. The summed E-state index contributed by atoms with van der Waals surface area (Å²) in [6.45, 7) is 2.65. The first-order valence-corrected chi connectivity index (χ1v) is 6.94. The van der Waals surface area contributed by atoms with E-state index in [0.29, 0.717) is 13.0 Å². The smallest absolute Gasteiger partial charge is 0.306 e. The molecule has 0 fully saturated rings. The highest BCUT2D eigenvalue weighted by Crippen LogP contribution is 2.14. The third-order valence-corrected chi connectivity index (χ3v) is 2.85. The second-order valence-electron chi connectivity index (χ2n) is 4.47. The highest BCUT2D eigenvalue weighted by atomic mass is 16.4. The Morgan fingerprint density at radius 3 is 2.47 bits per heavy atom. The zero-order valence-electron chi connectivity index (χ0n) is 11.7. The second kappa shape index (κ2) is 13.0. The van der Waals surface area contributed by atoms with Gasteiger partial charge in [0.1, 0.15) is 12.7 Å². The first-order chi connectivity index (χ1) is 9.22. The minimum absolute atomic E-state index is 0.221. The van der Waals surface area contributed by atoms with Crippen LogP contribution in [0, 0.1) is 5.92 Å². The Bertz CT molecular complexity index is 274. The van der Waals surface area contributed by atoms with E-state index in [0.717, 1.165) is 19.3 Å². The monoisotopic (exact) mass is 270 g/mol. The van der Waals surface area contributed by atoms with Crippen molar-refractivity contribution in [2.45, 2.75) is 51.9 Å². The lowest BCUT2D eigenvalue weighted by Gasteiger charge is -2.10. The Balaban J connectivity index is 0.000000532. The quantitative estimate of drug-likeness (QED) is 0.597. The molecule has 1 atom stereocenters. The van der Waals surface area contributed by atoms with Gasteiger partial charge in [-0.2, -0.15) is 5.10 Å². The fourth-order valence-corrected chi connectivity index (χ4v) is 1.75. The lowest BCUT2D eigenvalue weighted by Crippen LogP contribution is -2.17. The fourth-order valence-electron chi connectivity index (χ4n) is 1.75. The molecule has 0 aliphatic heterocycles. The molecule has 6 nitrogen and oxygen atoms in total.